The zero-order chi connectivity index (χ0) is 9.31. The maximum atomic E-state index is 10.1. The summed E-state index contributed by atoms with van der Waals surface area (Å²) < 4.78 is 1.85. The quantitative estimate of drug-likeness (QED) is 0.749. The van der Waals surface area contributed by atoms with Gasteiger partial charge in [-0.2, -0.15) is 5.10 Å². The lowest BCUT2D eigenvalue weighted by molar-refractivity contribution is 0.0265. The molecule has 0 spiro atoms. The number of hydrogen-bond donors (Lipinski definition) is 1. The average molecular weight is 180 g/mol. The summed E-state index contributed by atoms with van der Waals surface area (Å²) in [6.07, 6.45) is 6.08. The monoisotopic (exact) mass is 180 g/mol. The Morgan fingerprint density at radius 3 is 2.77 bits per heavy atom. The summed E-state index contributed by atoms with van der Waals surface area (Å²) in [7, 11) is 0. The summed E-state index contributed by atoms with van der Waals surface area (Å²) in [5.41, 5.74) is 0.528. The second-order valence-corrected chi connectivity index (χ2v) is 4.09. The minimum Gasteiger partial charge on any atom is -0.388 e. The van der Waals surface area contributed by atoms with Gasteiger partial charge in [0.25, 0.3) is 0 Å². The first kappa shape index (κ1) is 8.75. The van der Waals surface area contributed by atoms with Crippen molar-refractivity contribution in [3.8, 4) is 0 Å². The number of hydrogen-bond acceptors (Lipinski definition) is 2. The molecule has 1 heterocycles. The number of nitrogens with zero attached hydrogens (tertiary/aromatic N) is 2. The van der Waals surface area contributed by atoms with E-state index >= 15 is 0 Å². The summed E-state index contributed by atoms with van der Waals surface area (Å²) >= 11 is 0. The average Bonchev–Trinajstić information content (AvgIpc) is 2.62. The molecule has 2 rings (SSSR count). The molecule has 0 amide bonds. The predicted molar refractivity (Wildman–Crippen MR) is 50.4 cm³/mol. The van der Waals surface area contributed by atoms with Gasteiger partial charge in [-0.1, -0.05) is 12.8 Å². The Labute approximate surface area is 78.4 Å². The number of rotatable bonds is 2. The lowest BCUT2D eigenvalue weighted by Crippen LogP contribution is -2.30. The Kier molecular flexibility index (Phi) is 2.12. The van der Waals surface area contributed by atoms with E-state index in [1.54, 1.807) is 0 Å². The molecule has 0 atom stereocenters. The lowest BCUT2D eigenvalue weighted by atomic mass is 10.0. The van der Waals surface area contributed by atoms with E-state index in [4.69, 9.17) is 0 Å². The van der Waals surface area contributed by atoms with Crippen molar-refractivity contribution in [3.05, 3.63) is 18.0 Å². The highest BCUT2D eigenvalue weighted by Gasteiger charge is 2.31. The van der Waals surface area contributed by atoms with Gasteiger partial charge in [-0.15, -0.1) is 0 Å². The molecule has 0 saturated heterocycles. The minimum atomic E-state index is -0.488. The molecular weight excluding hydrogens is 164 g/mol. The molecule has 0 aromatic carbocycles. The number of aliphatic hydroxyl groups is 1. The van der Waals surface area contributed by atoms with Gasteiger partial charge in [0.1, 0.15) is 0 Å². The molecule has 1 aromatic rings. The van der Waals surface area contributed by atoms with Crippen molar-refractivity contribution in [2.24, 2.45) is 0 Å². The van der Waals surface area contributed by atoms with Gasteiger partial charge in [0.2, 0.25) is 0 Å². The van der Waals surface area contributed by atoms with Crippen LogP contribution in [0.5, 0.6) is 0 Å². The molecule has 0 bridgehead atoms. The Bertz CT molecular complexity index is 287. The summed E-state index contributed by atoms with van der Waals surface area (Å²) in [6.45, 7) is 2.62. The van der Waals surface area contributed by atoms with Crippen LogP contribution >= 0.6 is 0 Å². The van der Waals surface area contributed by atoms with Gasteiger partial charge in [0.15, 0.2) is 0 Å². The first-order chi connectivity index (χ1) is 6.18. The smallest absolute Gasteiger partial charge is 0.0842 e. The number of aryl methyl sites for hydroxylation is 1. The van der Waals surface area contributed by atoms with E-state index in [-0.39, 0.29) is 0 Å². The van der Waals surface area contributed by atoms with Crippen molar-refractivity contribution in [1.29, 1.82) is 0 Å². The summed E-state index contributed by atoms with van der Waals surface area (Å²) in [6, 6.07) is 1.97. The lowest BCUT2D eigenvalue weighted by Gasteiger charge is -2.21. The van der Waals surface area contributed by atoms with E-state index in [0.29, 0.717) is 6.54 Å². The topological polar surface area (TPSA) is 38.0 Å². The number of aromatic nitrogens is 2. The fraction of sp³-hybridized carbons (Fsp3) is 0.700. The fourth-order valence-corrected chi connectivity index (χ4v) is 2.04. The third kappa shape index (κ3) is 1.91. The standard InChI is InChI=1S/C10H16N2O/c1-9-4-7-12(11-9)8-10(13)5-2-3-6-10/h4,7,13H,2-3,5-6,8H2,1H3. The van der Waals surface area contributed by atoms with Crippen molar-refractivity contribution in [1.82, 2.24) is 9.78 Å². The largest absolute Gasteiger partial charge is 0.388 e. The van der Waals surface area contributed by atoms with Crippen molar-refractivity contribution >= 4 is 0 Å². The van der Waals surface area contributed by atoms with Gasteiger partial charge >= 0.3 is 0 Å². The molecule has 1 aromatic heterocycles. The fourth-order valence-electron chi connectivity index (χ4n) is 2.04. The molecule has 1 fully saturated rings. The van der Waals surface area contributed by atoms with Crippen LogP contribution in [-0.4, -0.2) is 20.5 Å². The Morgan fingerprint density at radius 1 is 1.54 bits per heavy atom. The van der Waals surface area contributed by atoms with Gasteiger partial charge in [-0.3, -0.25) is 4.68 Å². The van der Waals surface area contributed by atoms with Gasteiger partial charge < -0.3 is 5.11 Å². The highest BCUT2D eigenvalue weighted by molar-refractivity contribution is 4.96. The van der Waals surface area contributed by atoms with Crippen molar-refractivity contribution < 1.29 is 5.11 Å². The van der Waals surface area contributed by atoms with E-state index < -0.39 is 5.60 Å². The predicted octanol–water partition coefficient (Wildman–Crippen LogP) is 1.50. The van der Waals surface area contributed by atoms with Crippen LogP contribution in [0.15, 0.2) is 12.3 Å². The first-order valence-electron chi connectivity index (χ1n) is 4.90. The van der Waals surface area contributed by atoms with Crippen LogP contribution in [0.1, 0.15) is 31.4 Å². The van der Waals surface area contributed by atoms with Gasteiger partial charge in [0, 0.05) is 6.20 Å². The molecule has 0 aliphatic heterocycles. The molecule has 72 valence electrons. The zero-order valence-corrected chi connectivity index (χ0v) is 8.03. The molecule has 0 radical (unpaired) electrons. The van der Waals surface area contributed by atoms with Crippen LogP contribution in [0.4, 0.5) is 0 Å². The molecule has 3 nitrogen and oxygen atoms in total. The summed E-state index contributed by atoms with van der Waals surface area (Å²) in [5.74, 6) is 0. The van der Waals surface area contributed by atoms with Crippen LogP contribution in [0.2, 0.25) is 0 Å². The van der Waals surface area contributed by atoms with Crippen LogP contribution in [0.3, 0.4) is 0 Å². The highest BCUT2D eigenvalue weighted by Crippen LogP contribution is 2.30. The van der Waals surface area contributed by atoms with Gasteiger partial charge in [-0.25, -0.2) is 0 Å². The van der Waals surface area contributed by atoms with E-state index in [1.165, 1.54) is 0 Å². The first-order valence-corrected chi connectivity index (χ1v) is 4.90. The van der Waals surface area contributed by atoms with E-state index in [0.717, 1.165) is 31.4 Å². The van der Waals surface area contributed by atoms with Crippen LogP contribution in [0.25, 0.3) is 0 Å². The Hall–Kier alpha value is -0.830. The molecule has 13 heavy (non-hydrogen) atoms. The molecule has 3 heteroatoms. The van der Waals surface area contributed by atoms with Crippen LogP contribution in [0, 0.1) is 6.92 Å². The maximum absolute atomic E-state index is 10.1. The third-order valence-electron chi connectivity index (χ3n) is 2.76. The minimum absolute atomic E-state index is 0.488. The molecule has 1 saturated carbocycles. The highest BCUT2D eigenvalue weighted by atomic mass is 16.3. The van der Waals surface area contributed by atoms with Crippen LogP contribution < -0.4 is 0 Å². The normalized spacial score (nSPS) is 20.8. The van der Waals surface area contributed by atoms with Crippen molar-refractivity contribution in [2.45, 2.75) is 44.8 Å². The third-order valence-corrected chi connectivity index (χ3v) is 2.76. The molecule has 1 aliphatic rings. The summed E-state index contributed by atoms with van der Waals surface area (Å²) in [4.78, 5) is 0. The van der Waals surface area contributed by atoms with Crippen LogP contribution in [-0.2, 0) is 6.54 Å². The van der Waals surface area contributed by atoms with Gasteiger partial charge in [-0.05, 0) is 25.8 Å². The second kappa shape index (κ2) is 3.14. The van der Waals surface area contributed by atoms with E-state index in [1.807, 2.05) is 23.9 Å². The molecule has 0 unspecified atom stereocenters. The maximum Gasteiger partial charge on any atom is 0.0842 e. The molecule has 1 N–H and O–H groups in total. The zero-order valence-electron chi connectivity index (χ0n) is 8.03. The molecule has 1 aliphatic carbocycles. The van der Waals surface area contributed by atoms with E-state index in [2.05, 4.69) is 5.10 Å². The SMILES string of the molecule is Cc1ccn(CC2(O)CCCC2)n1. The Balaban J connectivity index is 2.04. The van der Waals surface area contributed by atoms with Crippen molar-refractivity contribution in [2.75, 3.05) is 0 Å². The van der Waals surface area contributed by atoms with Crippen molar-refractivity contribution in [3.63, 3.8) is 0 Å². The second-order valence-electron chi connectivity index (χ2n) is 4.09. The molecular formula is C10H16N2O. The van der Waals surface area contributed by atoms with E-state index in [9.17, 15) is 5.11 Å². The Morgan fingerprint density at radius 2 is 2.23 bits per heavy atom. The van der Waals surface area contributed by atoms with Gasteiger partial charge in [0.05, 0.1) is 17.8 Å². The summed E-state index contributed by atoms with van der Waals surface area (Å²) in [5, 5.41) is 14.4.